The quantitative estimate of drug-likeness (QED) is 0.302. The maximum Gasteiger partial charge on any atom is 0.426 e. The summed E-state index contributed by atoms with van der Waals surface area (Å²) in [4.78, 5) is 0. The van der Waals surface area contributed by atoms with Crippen molar-refractivity contribution in [2.24, 2.45) is 0 Å². The van der Waals surface area contributed by atoms with E-state index in [1.807, 2.05) is 13.0 Å². The third kappa shape index (κ3) is 6.39. The molecule has 3 aromatic carbocycles. The molecule has 0 unspecified atom stereocenters. The fourth-order valence-electron chi connectivity index (χ4n) is 3.34. The van der Waals surface area contributed by atoms with E-state index in [2.05, 4.69) is 43.0 Å². The standard InChI is InChI=1S/C28H28F2O/c1-3-5-7-9-23-10-14-24(15-11-23)25-16-20-27(21-17-25)31-28(29,30)26-18-12-22(13-19-26)8-6-4-2/h3-5,10-21H,2,6-9H2,1H3/b5-3+. The molecule has 0 aliphatic heterocycles. The van der Waals surface area contributed by atoms with Crippen LogP contribution in [0.25, 0.3) is 11.1 Å². The SMILES string of the molecule is C=CCCc1ccc(C(F)(F)Oc2ccc(-c3ccc(CC/C=C/C)cc3)cc2)cc1. The zero-order chi connectivity index (χ0) is 22.1. The molecule has 0 aromatic heterocycles. The summed E-state index contributed by atoms with van der Waals surface area (Å²) in [5, 5.41) is 0. The van der Waals surface area contributed by atoms with Crippen LogP contribution in [0.5, 0.6) is 5.75 Å². The highest BCUT2D eigenvalue weighted by Crippen LogP contribution is 2.33. The van der Waals surface area contributed by atoms with Gasteiger partial charge in [-0.25, -0.2) is 0 Å². The highest BCUT2D eigenvalue weighted by molar-refractivity contribution is 5.64. The number of aryl methyl sites for hydroxylation is 2. The Labute approximate surface area is 183 Å². The predicted octanol–water partition coefficient (Wildman–Crippen LogP) is 8.11. The maximum atomic E-state index is 14.6. The molecule has 0 radical (unpaired) electrons. The average molecular weight is 419 g/mol. The van der Waals surface area contributed by atoms with Crippen LogP contribution in [-0.2, 0) is 19.0 Å². The van der Waals surface area contributed by atoms with E-state index in [1.165, 1.54) is 17.7 Å². The second-order valence-electron chi connectivity index (χ2n) is 7.47. The molecular formula is C28H28F2O. The lowest BCUT2D eigenvalue weighted by Gasteiger charge is -2.19. The molecule has 160 valence electrons. The van der Waals surface area contributed by atoms with Gasteiger partial charge in [-0.3, -0.25) is 0 Å². The molecule has 0 N–H and O–H groups in total. The predicted molar refractivity (Wildman–Crippen MR) is 124 cm³/mol. The van der Waals surface area contributed by atoms with E-state index < -0.39 is 6.11 Å². The van der Waals surface area contributed by atoms with Crippen molar-refractivity contribution in [2.75, 3.05) is 0 Å². The molecule has 1 nitrogen and oxygen atoms in total. The van der Waals surface area contributed by atoms with Crippen molar-refractivity contribution in [1.82, 2.24) is 0 Å². The maximum absolute atomic E-state index is 14.6. The van der Waals surface area contributed by atoms with Gasteiger partial charge in [-0.15, -0.1) is 6.58 Å². The van der Waals surface area contributed by atoms with Gasteiger partial charge in [0.2, 0.25) is 0 Å². The Kier molecular flexibility index (Phi) is 7.77. The minimum atomic E-state index is -3.40. The van der Waals surface area contributed by atoms with Crippen molar-refractivity contribution in [3.05, 3.63) is 114 Å². The lowest BCUT2D eigenvalue weighted by molar-refractivity contribution is -0.185. The first-order valence-electron chi connectivity index (χ1n) is 10.6. The van der Waals surface area contributed by atoms with E-state index in [-0.39, 0.29) is 11.3 Å². The van der Waals surface area contributed by atoms with Crippen LogP contribution >= 0.6 is 0 Å². The normalized spacial score (nSPS) is 11.6. The first kappa shape index (κ1) is 22.5. The van der Waals surface area contributed by atoms with Crippen LogP contribution in [0, 0.1) is 0 Å². The van der Waals surface area contributed by atoms with Gasteiger partial charge in [0.15, 0.2) is 0 Å². The smallest absolute Gasteiger partial charge is 0.426 e. The Morgan fingerprint density at radius 1 is 0.774 bits per heavy atom. The Morgan fingerprint density at radius 3 is 1.84 bits per heavy atom. The Morgan fingerprint density at radius 2 is 1.29 bits per heavy atom. The van der Waals surface area contributed by atoms with E-state index in [0.29, 0.717) is 0 Å². The minimum Gasteiger partial charge on any atom is -0.429 e. The largest absolute Gasteiger partial charge is 0.429 e. The third-order valence-corrected chi connectivity index (χ3v) is 5.15. The zero-order valence-electron chi connectivity index (χ0n) is 17.9. The van der Waals surface area contributed by atoms with Crippen LogP contribution in [0.4, 0.5) is 8.78 Å². The monoisotopic (exact) mass is 418 g/mol. The molecule has 3 heteroatoms. The molecule has 3 aromatic rings. The van der Waals surface area contributed by atoms with Gasteiger partial charge >= 0.3 is 6.11 Å². The number of ether oxygens (including phenoxy) is 1. The van der Waals surface area contributed by atoms with E-state index in [4.69, 9.17) is 4.74 Å². The lowest BCUT2D eigenvalue weighted by atomic mass is 10.0. The molecule has 0 aliphatic carbocycles. The van der Waals surface area contributed by atoms with Crippen molar-refractivity contribution >= 4 is 0 Å². The highest BCUT2D eigenvalue weighted by Gasteiger charge is 2.34. The summed E-state index contributed by atoms with van der Waals surface area (Å²) in [6, 6.07) is 21.4. The fourth-order valence-corrected chi connectivity index (χ4v) is 3.34. The van der Waals surface area contributed by atoms with Crippen LogP contribution in [0.15, 0.2) is 97.6 Å². The van der Waals surface area contributed by atoms with Crippen molar-refractivity contribution in [3.8, 4) is 16.9 Å². The Bertz CT molecular complexity index is 985. The second kappa shape index (κ2) is 10.7. The van der Waals surface area contributed by atoms with Crippen LogP contribution in [-0.4, -0.2) is 0 Å². The van der Waals surface area contributed by atoms with Crippen LogP contribution in [0.3, 0.4) is 0 Å². The van der Waals surface area contributed by atoms with Gasteiger partial charge in [0.25, 0.3) is 0 Å². The second-order valence-corrected chi connectivity index (χ2v) is 7.47. The van der Waals surface area contributed by atoms with Crippen molar-refractivity contribution in [2.45, 2.75) is 38.7 Å². The van der Waals surface area contributed by atoms with Crippen molar-refractivity contribution in [1.29, 1.82) is 0 Å². The summed E-state index contributed by atoms with van der Waals surface area (Å²) in [6.45, 7) is 5.70. The van der Waals surface area contributed by atoms with E-state index in [9.17, 15) is 8.78 Å². The molecule has 0 amide bonds. The Balaban J connectivity index is 1.64. The summed E-state index contributed by atoms with van der Waals surface area (Å²) in [6.07, 6.45) is 6.25. The van der Waals surface area contributed by atoms with Gasteiger partial charge in [0.05, 0.1) is 5.56 Å². The Hall–Kier alpha value is -3.20. The third-order valence-electron chi connectivity index (χ3n) is 5.15. The number of allylic oxidation sites excluding steroid dienone is 3. The summed E-state index contributed by atoms with van der Waals surface area (Å²) < 4.78 is 34.2. The summed E-state index contributed by atoms with van der Waals surface area (Å²) in [7, 11) is 0. The first-order valence-corrected chi connectivity index (χ1v) is 10.6. The molecule has 0 saturated carbocycles. The highest BCUT2D eigenvalue weighted by atomic mass is 19.3. The molecule has 31 heavy (non-hydrogen) atoms. The van der Waals surface area contributed by atoms with Gasteiger partial charge in [-0.05, 0) is 79.1 Å². The molecular weight excluding hydrogens is 390 g/mol. The van der Waals surface area contributed by atoms with Gasteiger partial charge < -0.3 is 4.74 Å². The topological polar surface area (TPSA) is 9.23 Å². The first-order chi connectivity index (χ1) is 15.0. The molecule has 0 saturated heterocycles. The zero-order valence-corrected chi connectivity index (χ0v) is 17.9. The van der Waals surface area contributed by atoms with E-state index >= 15 is 0 Å². The van der Waals surface area contributed by atoms with Crippen molar-refractivity contribution < 1.29 is 13.5 Å². The molecule has 0 aliphatic rings. The van der Waals surface area contributed by atoms with Crippen LogP contribution < -0.4 is 4.74 Å². The lowest BCUT2D eigenvalue weighted by Crippen LogP contribution is -2.21. The molecule has 3 rings (SSSR count). The molecule has 0 spiro atoms. The van der Waals surface area contributed by atoms with Gasteiger partial charge in [-0.2, -0.15) is 8.78 Å². The molecule has 0 bridgehead atoms. The number of hydrogen-bond donors (Lipinski definition) is 0. The average Bonchev–Trinajstić information content (AvgIpc) is 2.79. The summed E-state index contributed by atoms with van der Waals surface area (Å²) in [5.41, 5.74) is 4.12. The number of rotatable bonds is 10. The van der Waals surface area contributed by atoms with E-state index in [0.717, 1.165) is 42.4 Å². The van der Waals surface area contributed by atoms with Gasteiger partial charge in [-0.1, -0.05) is 66.8 Å². The molecule has 0 heterocycles. The number of alkyl halides is 2. The minimum absolute atomic E-state index is 0.132. The number of hydrogen-bond acceptors (Lipinski definition) is 1. The van der Waals surface area contributed by atoms with Gasteiger partial charge in [0.1, 0.15) is 5.75 Å². The van der Waals surface area contributed by atoms with E-state index in [1.54, 1.807) is 36.4 Å². The molecule has 0 fully saturated rings. The fraction of sp³-hybridized carbons (Fsp3) is 0.214. The summed E-state index contributed by atoms with van der Waals surface area (Å²) >= 11 is 0. The van der Waals surface area contributed by atoms with Crippen LogP contribution in [0.1, 0.15) is 36.5 Å². The van der Waals surface area contributed by atoms with Crippen molar-refractivity contribution in [3.63, 3.8) is 0 Å². The number of halogens is 2. The van der Waals surface area contributed by atoms with Gasteiger partial charge in [0, 0.05) is 0 Å². The number of benzene rings is 3. The van der Waals surface area contributed by atoms with Crippen LogP contribution in [0.2, 0.25) is 0 Å². The molecule has 0 atom stereocenters. The summed E-state index contributed by atoms with van der Waals surface area (Å²) in [5.74, 6) is 0.132.